The van der Waals surface area contributed by atoms with Gasteiger partial charge in [0.2, 0.25) is 0 Å². The zero-order chi connectivity index (χ0) is 16.4. The van der Waals surface area contributed by atoms with Crippen molar-refractivity contribution in [1.82, 2.24) is 25.0 Å². The number of guanidine groups is 1. The molecule has 25 heavy (non-hydrogen) atoms. The van der Waals surface area contributed by atoms with Gasteiger partial charge in [-0.15, -0.1) is 24.0 Å². The molecule has 0 amide bonds. The third-order valence-electron chi connectivity index (χ3n) is 5.36. The second kappa shape index (κ2) is 7.72. The molecule has 6 nitrogen and oxygen atoms in total. The lowest BCUT2D eigenvalue weighted by molar-refractivity contribution is 0.151. The molecule has 2 aliphatic rings. The minimum atomic E-state index is 0. The van der Waals surface area contributed by atoms with E-state index in [1.807, 2.05) is 31.6 Å². The van der Waals surface area contributed by atoms with E-state index in [0.717, 1.165) is 31.4 Å². The van der Waals surface area contributed by atoms with Crippen LogP contribution in [0, 0.1) is 5.41 Å². The van der Waals surface area contributed by atoms with E-state index in [-0.39, 0.29) is 24.0 Å². The first-order chi connectivity index (χ1) is 11.8. The molecule has 1 aliphatic heterocycles. The molecular weight excluding hydrogens is 427 g/mol. The van der Waals surface area contributed by atoms with Crippen molar-refractivity contribution in [3.05, 3.63) is 42.4 Å². The van der Waals surface area contributed by atoms with Crippen LogP contribution in [0.4, 0.5) is 0 Å². The predicted molar refractivity (Wildman–Crippen MR) is 109 cm³/mol. The van der Waals surface area contributed by atoms with Crippen molar-refractivity contribution in [3.8, 4) is 5.82 Å². The van der Waals surface area contributed by atoms with E-state index in [1.54, 1.807) is 10.9 Å². The van der Waals surface area contributed by atoms with Crippen molar-refractivity contribution in [3.63, 3.8) is 0 Å². The largest absolute Gasteiger partial charge is 0.352 e. The number of aliphatic imine (C=N–C) groups is 1. The molecule has 7 heteroatoms. The molecular formula is C18H25IN6. The number of aromatic nitrogens is 3. The van der Waals surface area contributed by atoms with Crippen LogP contribution in [0.3, 0.4) is 0 Å². The number of hydrogen-bond acceptors (Lipinski definition) is 3. The van der Waals surface area contributed by atoms with Crippen LogP contribution in [0.5, 0.6) is 0 Å². The normalized spacial score (nSPS) is 18.8. The van der Waals surface area contributed by atoms with Crippen molar-refractivity contribution in [2.24, 2.45) is 10.4 Å². The Kier molecular flexibility index (Phi) is 5.61. The SMILES string of the molecule is CN=C(NCc1ccnc(-n2cccn2)c1)N1CCC2(CCC2)C1.I. The molecule has 1 saturated carbocycles. The molecule has 1 aliphatic carbocycles. The number of likely N-dealkylation sites (tertiary alicyclic amines) is 1. The summed E-state index contributed by atoms with van der Waals surface area (Å²) in [6, 6.07) is 5.99. The Labute approximate surface area is 165 Å². The van der Waals surface area contributed by atoms with E-state index in [9.17, 15) is 0 Å². The van der Waals surface area contributed by atoms with Crippen molar-refractivity contribution in [1.29, 1.82) is 0 Å². The smallest absolute Gasteiger partial charge is 0.193 e. The quantitative estimate of drug-likeness (QED) is 0.442. The van der Waals surface area contributed by atoms with E-state index >= 15 is 0 Å². The molecule has 0 atom stereocenters. The van der Waals surface area contributed by atoms with Crippen LogP contribution in [0.25, 0.3) is 5.82 Å². The van der Waals surface area contributed by atoms with Gasteiger partial charge in [-0.2, -0.15) is 5.10 Å². The summed E-state index contributed by atoms with van der Waals surface area (Å²) >= 11 is 0. The maximum atomic E-state index is 4.48. The number of nitrogens with zero attached hydrogens (tertiary/aromatic N) is 5. The fraction of sp³-hybridized carbons (Fsp3) is 0.500. The van der Waals surface area contributed by atoms with Gasteiger partial charge in [0.1, 0.15) is 0 Å². The molecule has 1 saturated heterocycles. The fourth-order valence-corrected chi connectivity index (χ4v) is 3.81. The van der Waals surface area contributed by atoms with Crippen molar-refractivity contribution in [2.45, 2.75) is 32.2 Å². The second-order valence-corrected chi connectivity index (χ2v) is 6.90. The van der Waals surface area contributed by atoms with Gasteiger partial charge < -0.3 is 10.2 Å². The molecule has 0 bridgehead atoms. The first-order valence-corrected chi connectivity index (χ1v) is 8.69. The van der Waals surface area contributed by atoms with Gasteiger partial charge in [-0.05, 0) is 48.4 Å². The van der Waals surface area contributed by atoms with Crippen molar-refractivity contribution < 1.29 is 0 Å². The van der Waals surface area contributed by atoms with Gasteiger partial charge in [0, 0.05) is 45.3 Å². The number of halogens is 1. The van der Waals surface area contributed by atoms with Gasteiger partial charge >= 0.3 is 0 Å². The highest BCUT2D eigenvalue weighted by Gasteiger charge is 2.43. The molecule has 134 valence electrons. The third-order valence-corrected chi connectivity index (χ3v) is 5.36. The molecule has 4 rings (SSSR count). The van der Waals surface area contributed by atoms with Gasteiger partial charge in [0.05, 0.1) is 0 Å². The Balaban J connectivity index is 0.00000182. The number of rotatable bonds is 3. The van der Waals surface area contributed by atoms with Crippen LogP contribution in [0.1, 0.15) is 31.2 Å². The summed E-state index contributed by atoms with van der Waals surface area (Å²) < 4.78 is 1.78. The number of nitrogens with one attached hydrogen (secondary N) is 1. The lowest BCUT2D eigenvalue weighted by Gasteiger charge is -2.38. The lowest BCUT2D eigenvalue weighted by atomic mass is 9.68. The summed E-state index contributed by atoms with van der Waals surface area (Å²) in [5.74, 6) is 1.85. The van der Waals surface area contributed by atoms with Crippen molar-refractivity contribution in [2.75, 3.05) is 20.1 Å². The highest BCUT2D eigenvalue weighted by molar-refractivity contribution is 14.0. The molecule has 1 N–H and O–H groups in total. The van der Waals surface area contributed by atoms with Crippen LogP contribution in [0.15, 0.2) is 41.8 Å². The van der Waals surface area contributed by atoms with E-state index < -0.39 is 0 Å². The zero-order valence-electron chi connectivity index (χ0n) is 14.6. The Morgan fingerprint density at radius 3 is 2.84 bits per heavy atom. The molecule has 0 unspecified atom stereocenters. The summed E-state index contributed by atoms with van der Waals surface area (Å²) in [6.45, 7) is 3.02. The molecule has 1 spiro atoms. The Morgan fingerprint density at radius 1 is 1.32 bits per heavy atom. The number of hydrogen-bond donors (Lipinski definition) is 1. The minimum Gasteiger partial charge on any atom is -0.352 e. The highest BCUT2D eigenvalue weighted by Crippen LogP contribution is 2.47. The molecule has 0 radical (unpaired) electrons. The lowest BCUT2D eigenvalue weighted by Crippen LogP contribution is -2.42. The zero-order valence-corrected chi connectivity index (χ0v) is 16.9. The van der Waals surface area contributed by atoms with Gasteiger partial charge in [0.15, 0.2) is 11.8 Å². The van der Waals surface area contributed by atoms with Crippen LogP contribution in [0.2, 0.25) is 0 Å². The maximum absolute atomic E-state index is 4.48. The topological polar surface area (TPSA) is 58.3 Å². The molecule has 2 aromatic rings. The fourth-order valence-electron chi connectivity index (χ4n) is 3.81. The first kappa shape index (κ1) is 18.2. The Morgan fingerprint density at radius 2 is 2.20 bits per heavy atom. The monoisotopic (exact) mass is 452 g/mol. The molecule has 2 fully saturated rings. The van der Waals surface area contributed by atoms with Crippen LogP contribution in [-0.4, -0.2) is 45.8 Å². The summed E-state index contributed by atoms with van der Waals surface area (Å²) in [6.07, 6.45) is 11.0. The van der Waals surface area contributed by atoms with Gasteiger partial charge in [-0.25, -0.2) is 9.67 Å². The summed E-state index contributed by atoms with van der Waals surface area (Å²) in [4.78, 5) is 11.3. The van der Waals surface area contributed by atoms with E-state index in [1.165, 1.54) is 31.2 Å². The van der Waals surface area contributed by atoms with Crippen LogP contribution < -0.4 is 5.32 Å². The first-order valence-electron chi connectivity index (χ1n) is 8.69. The average Bonchev–Trinajstić information content (AvgIpc) is 3.25. The molecule has 3 heterocycles. The van der Waals surface area contributed by atoms with Crippen LogP contribution >= 0.6 is 24.0 Å². The Hall–Kier alpha value is -1.64. The summed E-state index contributed by atoms with van der Waals surface area (Å²) in [7, 11) is 1.87. The standard InChI is InChI=1S/C18H24N6.HI/c1-19-17(23-11-7-18(14-23)5-2-6-18)21-13-15-4-9-20-16(12-15)24-10-3-8-22-24;/h3-4,8-10,12H,2,5-7,11,13-14H2,1H3,(H,19,21);1H. The summed E-state index contributed by atoms with van der Waals surface area (Å²) in [5, 5.41) is 7.74. The van der Waals surface area contributed by atoms with E-state index in [4.69, 9.17) is 0 Å². The Bertz CT molecular complexity index is 723. The minimum absolute atomic E-state index is 0. The average molecular weight is 452 g/mol. The molecule has 2 aromatic heterocycles. The van der Waals surface area contributed by atoms with E-state index in [0.29, 0.717) is 5.41 Å². The van der Waals surface area contributed by atoms with Crippen molar-refractivity contribution >= 4 is 29.9 Å². The van der Waals surface area contributed by atoms with E-state index in [2.05, 4.69) is 31.4 Å². The third kappa shape index (κ3) is 3.80. The summed E-state index contributed by atoms with van der Waals surface area (Å²) in [5.41, 5.74) is 1.76. The van der Waals surface area contributed by atoms with Gasteiger partial charge in [-0.3, -0.25) is 4.99 Å². The second-order valence-electron chi connectivity index (χ2n) is 6.90. The van der Waals surface area contributed by atoms with Gasteiger partial charge in [0.25, 0.3) is 0 Å². The highest BCUT2D eigenvalue weighted by atomic mass is 127. The predicted octanol–water partition coefficient (Wildman–Crippen LogP) is 2.84. The van der Waals surface area contributed by atoms with Crippen LogP contribution in [-0.2, 0) is 6.54 Å². The maximum Gasteiger partial charge on any atom is 0.193 e. The van der Waals surface area contributed by atoms with Gasteiger partial charge in [-0.1, -0.05) is 6.42 Å². The molecule has 0 aromatic carbocycles. The number of pyridine rings is 1.